The third-order valence-electron chi connectivity index (χ3n) is 6.63. The van der Waals surface area contributed by atoms with Crippen molar-refractivity contribution in [2.24, 2.45) is 0 Å². The van der Waals surface area contributed by atoms with E-state index < -0.39 is 0 Å². The maximum Gasteiger partial charge on any atom is 0.261 e. The summed E-state index contributed by atoms with van der Waals surface area (Å²) in [6, 6.07) is 24.4. The highest BCUT2D eigenvalue weighted by atomic mass is 16.2. The third kappa shape index (κ3) is 4.37. The maximum atomic E-state index is 13.0. The van der Waals surface area contributed by atoms with Crippen LogP contribution in [0.2, 0.25) is 0 Å². The summed E-state index contributed by atoms with van der Waals surface area (Å²) in [5, 5.41) is 3.10. The first-order valence-corrected chi connectivity index (χ1v) is 11.7. The van der Waals surface area contributed by atoms with E-state index in [-0.39, 0.29) is 30.3 Å². The molecule has 0 aliphatic carbocycles. The molecule has 1 fully saturated rings. The van der Waals surface area contributed by atoms with Crippen LogP contribution in [0.5, 0.6) is 0 Å². The Hall–Kier alpha value is -3.77. The van der Waals surface area contributed by atoms with Gasteiger partial charge in [-0.1, -0.05) is 54.6 Å². The molecule has 2 heterocycles. The van der Waals surface area contributed by atoms with Gasteiger partial charge in [0.1, 0.15) is 0 Å². The molecule has 172 valence electrons. The number of carbonyl (C=O) groups is 3. The first kappa shape index (κ1) is 22.0. The molecule has 0 radical (unpaired) electrons. The average Bonchev–Trinajstić information content (AvgIpc) is 3.49. The summed E-state index contributed by atoms with van der Waals surface area (Å²) in [4.78, 5) is 42.1. The van der Waals surface area contributed by atoms with E-state index in [1.165, 1.54) is 23.3 Å². The number of imide groups is 1. The van der Waals surface area contributed by atoms with E-state index in [0.717, 1.165) is 18.7 Å². The molecule has 3 aromatic carbocycles. The molecule has 6 nitrogen and oxygen atoms in total. The first-order valence-electron chi connectivity index (χ1n) is 11.7. The minimum atomic E-state index is -0.299. The van der Waals surface area contributed by atoms with Gasteiger partial charge in [0, 0.05) is 12.1 Å². The van der Waals surface area contributed by atoms with Gasteiger partial charge in [0.25, 0.3) is 17.7 Å². The van der Waals surface area contributed by atoms with E-state index in [1.807, 2.05) is 24.3 Å². The van der Waals surface area contributed by atoms with Crippen LogP contribution >= 0.6 is 0 Å². The smallest absolute Gasteiger partial charge is 0.261 e. The molecular formula is C28H27N3O3. The number of nitrogens with one attached hydrogen (secondary N) is 1. The monoisotopic (exact) mass is 453 g/mol. The predicted molar refractivity (Wildman–Crippen MR) is 129 cm³/mol. The molecule has 0 saturated carbocycles. The van der Waals surface area contributed by atoms with Crippen LogP contribution in [0.4, 0.5) is 0 Å². The summed E-state index contributed by atoms with van der Waals surface area (Å²) in [6.45, 7) is 2.72. The number of fused-ring (bicyclic) bond motifs is 1. The molecule has 2 aliphatic heterocycles. The highest BCUT2D eigenvalue weighted by Crippen LogP contribution is 2.26. The first-order chi connectivity index (χ1) is 16.6. The van der Waals surface area contributed by atoms with Crippen molar-refractivity contribution < 1.29 is 14.4 Å². The lowest BCUT2D eigenvalue weighted by molar-refractivity contribution is 0.0642. The molecule has 3 aromatic rings. The van der Waals surface area contributed by atoms with Crippen molar-refractivity contribution in [3.8, 4) is 0 Å². The van der Waals surface area contributed by atoms with Crippen LogP contribution in [0.15, 0.2) is 78.9 Å². The molecule has 1 atom stereocenters. The summed E-state index contributed by atoms with van der Waals surface area (Å²) in [7, 11) is 0. The summed E-state index contributed by atoms with van der Waals surface area (Å²) >= 11 is 0. The van der Waals surface area contributed by atoms with E-state index >= 15 is 0 Å². The Bertz CT molecular complexity index is 1180. The average molecular weight is 454 g/mol. The molecule has 3 amide bonds. The summed E-state index contributed by atoms with van der Waals surface area (Å²) in [6.07, 6.45) is 2.36. The largest absolute Gasteiger partial charge is 0.350 e. The summed E-state index contributed by atoms with van der Waals surface area (Å²) < 4.78 is 0. The number of amides is 3. The van der Waals surface area contributed by atoms with E-state index in [9.17, 15) is 14.4 Å². The lowest BCUT2D eigenvalue weighted by Crippen LogP contribution is -2.36. The quantitative estimate of drug-likeness (QED) is 0.548. The van der Waals surface area contributed by atoms with Crippen molar-refractivity contribution in [3.05, 3.63) is 107 Å². The van der Waals surface area contributed by atoms with Gasteiger partial charge in [-0.15, -0.1) is 0 Å². The highest BCUT2D eigenvalue weighted by molar-refractivity contribution is 6.21. The molecule has 6 heteroatoms. The van der Waals surface area contributed by atoms with Crippen LogP contribution in [-0.4, -0.2) is 47.2 Å². The fraction of sp³-hybridized carbons (Fsp3) is 0.250. The lowest BCUT2D eigenvalue weighted by atomic mass is 10.0. The number of hydrogen-bond donors (Lipinski definition) is 1. The van der Waals surface area contributed by atoms with Crippen LogP contribution in [0.3, 0.4) is 0 Å². The van der Waals surface area contributed by atoms with Crippen molar-refractivity contribution in [2.75, 3.05) is 19.6 Å². The molecule has 5 rings (SSSR count). The molecule has 1 N–H and O–H groups in total. The molecule has 34 heavy (non-hydrogen) atoms. The van der Waals surface area contributed by atoms with Crippen LogP contribution < -0.4 is 5.32 Å². The second-order valence-electron chi connectivity index (χ2n) is 8.82. The van der Waals surface area contributed by atoms with Gasteiger partial charge in [-0.3, -0.25) is 24.2 Å². The van der Waals surface area contributed by atoms with Crippen LogP contribution in [-0.2, 0) is 6.54 Å². The fourth-order valence-electron chi connectivity index (χ4n) is 4.85. The zero-order valence-electron chi connectivity index (χ0n) is 18.9. The van der Waals surface area contributed by atoms with E-state index in [4.69, 9.17) is 0 Å². The predicted octanol–water partition coefficient (Wildman–Crippen LogP) is 4.05. The Labute approximate surface area is 199 Å². The number of likely N-dealkylation sites (tertiary alicyclic amines) is 1. The second kappa shape index (κ2) is 9.61. The lowest BCUT2D eigenvalue weighted by Gasteiger charge is -2.28. The second-order valence-corrected chi connectivity index (χ2v) is 8.82. The standard InChI is InChI=1S/C28H27N3O3/c32-26(29-18-25(30-15-6-7-16-30)21-10-2-1-3-11-21)22-12-8-9-20(17-22)19-31-27(33)23-13-4-5-14-24(23)28(31)34/h1-5,8-14,17,25H,6-7,15-16,18-19H2,(H,29,32). The van der Waals surface area contributed by atoms with Gasteiger partial charge in [-0.2, -0.15) is 0 Å². The van der Waals surface area contributed by atoms with Crippen LogP contribution in [0.25, 0.3) is 0 Å². The van der Waals surface area contributed by atoms with Crippen molar-refractivity contribution in [3.63, 3.8) is 0 Å². The zero-order valence-corrected chi connectivity index (χ0v) is 18.9. The third-order valence-corrected chi connectivity index (χ3v) is 6.63. The van der Waals surface area contributed by atoms with E-state index in [1.54, 1.807) is 42.5 Å². The van der Waals surface area contributed by atoms with Crippen LogP contribution in [0.1, 0.15) is 61.1 Å². The van der Waals surface area contributed by atoms with Gasteiger partial charge in [-0.25, -0.2) is 0 Å². The van der Waals surface area contributed by atoms with Gasteiger partial charge in [0.15, 0.2) is 0 Å². The topological polar surface area (TPSA) is 69.7 Å². The summed E-state index contributed by atoms with van der Waals surface area (Å²) in [5.41, 5.74) is 3.30. The van der Waals surface area contributed by atoms with E-state index in [0.29, 0.717) is 23.2 Å². The van der Waals surface area contributed by atoms with E-state index in [2.05, 4.69) is 22.3 Å². The normalized spacial score (nSPS) is 16.5. The van der Waals surface area contributed by atoms with Crippen LogP contribution in [0, 0.1) is 0 Å². The fourth-order valence-corrected chi connectivity index (χ4v) is 4.85. The van der Waals surface area contributed by atoms with Crippen molar-refractivity contribution >= 4 is 17.7 Å². The van der Waals surface area contributed by atoms with Gasteiger partial charge in [-0.05, 0) is 61.3 Å². The van der Waals surface area contributed by atoms with Gasteiger partial charge in [0.05, 0.1) is 23.7 Å². The number of rotatable bonds is 7. The van der Waals surface area contributed by atoms with Crippen molar-refractivity contribution in [1.29, 1.82) is 0 Å². The Kier molecular flexibility index (Phi) is 6.23. The van der Waals surface area contributed by atoms with Gasteiger partial charge < -0.3 is 5.32 Å². The Morgan fingerprint density at radius 1 is 0.824 bits per heavy atom. The SMILES string of the molecule is O=C(NCC(c1ccccc1)N1CCCC1)c1cccc(CN2C(=O)c3ccccc3C2=O)c1. The zero-order chi connectivity index (χ0) is 23.5. The minimum absolute atomic E-state index is 0.133. The van der Waals surface area contributed by atoms with Crippen molar-refractivity contribution in [1.82, 2.24) is 15.1 Å². The molecule has 1 saturated heterocycles. The Morgan fingerprint density at radius 3 is 2.15 bits per heavy atom. The molecule has 0 spiro atoms. The number of hydrogen-bond acceptors (Lipinski definition) is 4. The minimum Gasteiger partial charge on any atom is -0.350 e. The number of carbonyl (C=O) groups excluding carboxylic acids is 3. The molecule has 2 aliphatic rings. The number of nitrogens with zero attached hydrogens (tertiary/aromatic N) is 2. The van der Waals surface area contributed by atoms with Gasteiger partial charge in [0.2, 0.25) is 0 Å². The number of benzene rings is 3. The Balaban J connectivity index is 1.27. The molecule has 1 unspecified atom stereocenters. The Morgan fingerprint density at radius 2 is 1.47 bits per heavy atom. The molecule has 0 aromatic heterocycles. The molecule has 0 bridgehead atoms. The van der Waals surface area contributed by atoms with Gasteiger partial charge >= 0.3 is 0 Å². The maximum absolute atomic E-state index is 13.0. The van der Waals surface area contributed by atoms with Crippen molar-refractivity contribution in [2.45, 2.75) is 25.4 Å². The summed E-state index contributed by atoms with van der Waals surface area (Å²) in [5.74, 6) is -0.761. The molecular weight excluding hydrogens is 426 g/mol. The highest BCUT2D eigenvalue weighted by Gasteiger charge is 2.35.